The van der Waals surface area contributed by atoms with Crippen molar-refractivity contribution in [3.8, 4) is 11.4 Å². The van der Waals surface area contributed by atoms with Crippen LogP contribution in [0, 0.1) is 12.7 Å². The van der Waals surface area contributed by atoms with Gasteiger partial charge in [-0.15, -0.1) is 0 Å². The number of nitrogens with zero attached hydrogens (tertiary/aromatic N) is 3. The van der Waals surface area contributed by atoms with E-state index in [1.165, 1.54) is 6.07 Å². The third-order valence-electron chi connectivity index (χ3n) is 3.67. The molecule has 7 heteroatoms. The molecule has 2 aromatic rings. The van der Waals surface area contributed by atoms with Crippen LogP contribution in [0.3, 0.4) is 0 Å². The molecule has 1 aliphatic rings. The minimum Gasteiger partial charge on any atom is -0.389 e. The molecule has 1 aromatic heterocycles. The van der Waals surface area contributed by atoms with E-state index in [9.17, 15) is 9.18 Å². The van der Waals surface area contributed by atoms with Gasteiger partial charge in [-0.1, -0.05) is 17.3 Å². The zero-order valence-electron chi connectivity index (χ0n) is 12.1. The first-order chi connectivity index (χ1) is 10.5. The summed E-state index contributed by atoms with van der Waals surface area (Å²) in [5, 5.41) is 13.0. The van der Waals surface area contributed by atoms with Crippen LogP contribution in [-0.2, 0) is 11.2 Å². The smallest absolute Gasteiger partial charge is 0.227 e. The average Bonchev–Trinajstić information content (AvgIpc) is 2.93. The Hall–Kier alpha value is -2.28. The van der Waals surface area contributed by atoms with Crippen molar-refractivity contribution >= 4 is 5.91 Å². The lowest BCUT2D eigenvalue weighted by Crippen LogP contribution is -2.53. The molecule has 22 heavy (non-hydrogen) atoms. The molecule has 116 valence electrons. The van der Waals surface area contributed by atoms with Crippen LogP contribution in [0.15, 0.2) is 22.7 Å². The molecule has 1 aliphatic heterocycles. The van der Waals surface area contributed by atoms with Crippen LogP contribution in [0.25, 0.3) is 11.4 Å². The molecular formula is C15H16FN3O3. The number of aryl methyl sites for hydroxylation is 2. The normalized spacial score (nSPS) is 15.0. The molecule has 2 heterocycles. The summed E-state index contributed by atoms with van der Waals surface area (Å²) < 4.78 is 18.6. The molecule has 0 bridgehead atoms. The maximum absolute atomic E-state index is 13.5. The van der Waals surface area contributed by atoms with Gasteiger partial charge in [-0.05, 0) is 18.6 Å². The van der Waals surface area contributed by atoms with Crippen LogP contribution >= 0.6 is 0 Å². The number of hydrogen-bond acceptors (Lipinski definition) is 5. The number of aromatic nitrogens is 2. The molecule has 1 N–H and O–H groups in total. The number of rotatable bonds is 4. The van der Waals surface area contributed by atoms with Gasteiger partial charge >= 0.3 is 0 Å². The number of β-amino-alcohol motifs (C(OH)–C–C–N with tert-alkyl or cyclic N) is 1. The number of amides is 1. The minimum atomic E-state index is -0.407. The maximum atomic E-state index is 13.5. The third kappa shape index (κ3) is 2.99. The van der Waals surface area contributed by atoms with Crippen LogP contribution in [-0.4, -0.2) is 45.2 Å². The summed E-state index contributed by atoms with van der Waals surface area (Å²) in [7, 11) is 0. The molecular weight excluding hydrogens is 289 g/mol. The van der Waals surface area contributed by atoms with Gasteiger partial charge in [0, 0.05) is 31.5 Å². The van der Waals surface area contributed by atoms with Gasteiger partial charge in [-0.2, -0.15) is 4.98 Å². The summed E-state index contributed by atoms with van der Waals surface area (Å²) in [5.41, 5.74) is 1.09. The fraction of sp³-hybridized carbons (Fsp3) is 0.400. The van der Waals surface area contributed by atoms with E-state index in [0.717, 1.165) is 0 Å². The van der Waals surface area contributed by atoms with Crippen molar-refractivity contribution in [2.45, 2.75) is 25.9 Å². The van der Waals surface area contributed by atoms with Crippen LogP contribution in [0.5, 0.6) is 0 Å². The Morgan fingerprint density at radius 1 is 1.50 bits per heavy atom. The molecule has 0 radical (unpaired) electrons. The van der Waals surface area contributed by atoms with E-state index in [1.54, 1.807) is 24.0 Å². The number of aliphatic hydroxyl groups is 1. The topological polar surface area (TPSA) is 79.5 Å². The van der Waals surface area contributed by atoms with Crippen LogP contribution in [0.4, 0.5) is 4.39 Å². The standard InChI is InChI=1S/C15H16FN3O3/c1-9-2-3-10(6-12(9)16)15-17-13(22-18-15)4-5-14(21)19-7-11(20)8-19/h2-3,6,11,20H,4-5,7-8H2,1H3. The largest absolute Gasteiger partial charge is 0.389 e. The highest BCUT2D eigenvalue weighted by molar-refractivity contribution is 5.77. The highest BCUT2D eigenvalue weighted by Gasteiger charge is 2.28. The molecule has 0 unspecified atom stereocenters. The van der Waals surface area contributed by atoms with E-state index >= 15 is 0 Å². The van der Waals surface area contributed by atoms with Crippen molar-refractivity contribution in [3.05, 3.63) is 35.5 Å². The van der Waals surface area contributed by atoms with Gasteiger partial charge < -0.3 is 14.5 Å². The van der Waals surface area contributed by atoms with E-state index in [0.29, 0.717) is 42.4 Å². The van der Waals surface area contributed by atoms with Gasteiger partial charge in [-0.3, -0.25) is 4.79 Å². The second-order valence-electron chi connectivity index (χ2n) is 5.43. The first-order valence-corrected chi connectivity index (χ1v) is 7.08. The lowest BCUT2D eigenvalue weighted by Gasteiger charge is -2.35. The first-order valence-electron chi connectivity index (χ1n) is 7.08. The Labute approximate surface area is 126 Å². The number of benzene rings is 1. The second kappa shape index (κ2) is 5.84. The Balaban J connectivity index is 1.61. The number of aliphatic hydroxyl groups excluding tert-OH is 1. The summed E-state index contributed by atoms with van der Waals surface area (Å²) in [6.07, 6.45) is 0.166. The van der Waals surface area contributed by atoms with Gasteiger partial charge in [-0.25, -0.2) is 4.39 Å². The van der Waals surface area contributed by atoms with Crippen LogP contribution < -0.4 is 0 Å². The fourth-order valence-corrected chi connectivity index (χ4v) is 2.24. The van der Waals surface area contributed by atoms with Gasteiger partial charge in [0.1, 0.15) is 5.82 Å². The maximum Gasteiger partial charge on any atom is 0.227 e. The van der Waals surface area contributed by atoms with Crippen LogP contribution in [0.1, 0.15) is 17.9 Å². The lowest BCUT2D eigenvalue weighted by atomic mass is 10.1. The second-order valence-corrected chi connectivity index (χ2v) is 5.43. The van der Waals surface area contributed by atoms with Crippen LogP contribution in [0.2, 0.25) is 0 Å². The van der Waals surface area contributed by atoms with Gasteiger partial charge in [0.15, 0.2) is 0 Å². The van der Waals surface area contributed by atoms with Crippen molar-refractivity contribution < 1.29 is 18.8 Å². The molecule has 0 saturated carbocycles. The summed E-state index contributed by atoms with van der Waals surface area (Å²) in [6, 6.07) is 4.73. The van der Waals surface area contributed by atoms with Gasteiger partial charge in [0.2, 0.25) is 17.6 Å². The number of halogens is 1. The Kier molecular flexibility index (Phi) is 3.89. The molecule has 1 fully saturated rings. The summed E-state index contributed by atoms with van der Waals surface area (Å²) in [5.74, 6) is 0.271. The van der Waals surface area contributed by atoms with E-state index in [-0.39, 0.29) is 18.1 Å². The highest BCUT2D eigenvalue weighted by atomic mass is 19.1. The Morgan fingerprint density at radius 2 is 2.27 bits per heavy atom. The van der Waals surface area contributed by atoms with Gasteiger partial charge in [0.05, 0.1) is 6.10 Å². The van der Waals surface area contributed by atoms with Crippen molar-refractivity contribution in [1.29, 1.82) is 0 Å². The third-order valence-corrected chi connectivity index (χ3v) is 3.67. The van der Waals surface area contributed by atoms with Crippen molar-refractivity contribution in [3.63, 3.8) is 0 Å². The first kappa shape index (κ1) is 14.6. The molecule has 1 saturated heterocycles. The SMILES string of the molecule is Cc1ccc(-c2noc(CCC(=O)N3CC(O)C3)n2)cc1F. The van der Waals surface area contributed by atoms with Crippen molar-refractivity contribution in [2.24, 2.45) is 0 Å². The van der Waals surface area contributed by atoms with E-state index in [2.05, 4.69) is 10.1 Å². The Morgan fingerprint density at radius 3 is 2.95 bits per heavy atom. The zero-order chi connectivity index (χ0) is 15.7. The van der Waals surface area contributed by atoms with Gasteiger partial charge in [0.25, 0.3) is 0 Å². The highest BCUT2D eigenvalue weighted by Crippen LogP contribution is 2.19. The molecule has 0 spiro atoms. The monoisotopic (exact) mass is 305 g/mol. The van der Waals surface area contributed by atoms with Crippen molar-refractivity contribution in [1.82, 2.24) is 15.0 Å². The molecule has 0 aliphatic carbocycles. The predicted molar refractivity (Wildman–Crippen MR) is 75.3 cm³/mol. The van der Waals surface area contributed by atoms with Crippen molar-refractivity contribution in [2.75, 3.05) is 13.1 Å². The zero-order valence-corrected chi connectivity index (χ0v) is 12.1. The number of hydrogen-bond donors (Lipinski definition) is 1. The molecule has 6 nitrogen and oxygen atoms in total. The van der Waals surface area contributed by atoms with E-state index in [4.69, 9.17) is 9.63 Å². The molecule has 1 aromatic carbocycles. The minimum absolute atomic E-state index is 0.0496. The Bertz CT molecular complexity index is 695. The molecule has 3 rings (SSSR count). The summed E-state index contributed by atoms with van der Waals surface area (Å²) >= 11 is 0. The predicted octanol–water partition coefficient (Wildman–Crippen LogP) is 1.32. The number of carbonyl (C=O) groups excluding carboxylic acids is 1. The average molecular weight is 305 g/mol. The number of carbonyl (C=O) groups is 1. The lowest BCUT2D eigenvalue weighted by molar-refractivity contribution is -0.141. The summed E-state index contributed by atoms with van der Waals surface area (Å²) in [6.45, 7) is 2.45. The van der Waals surface area contributed by atoms with E-state index in [1.807, 2.05) is 0 Å². The molecule has 1 amide bonds. The number of likely N-dealkylation sites (tertiary alicyclic amines) is 1. The summed E-state index contributed by atoms with van der Waals surface area (Å²) in [4.78, 5) is 17.5. The van der Waals surface area contributed by atoms with E-state index < -0.39 is 6.10 Å². The quantitative estimate of drug-likeness (QED) is 0.921. The molecule has 0 atom stereocenters. The fourth-order valence-electron chi connectivity index (χ4n) is 2.24.